The van der Waals surface area contributed by atoms with E-state index >= 15 is 0 Å². The van der Waals surface area contributed by atoms with Gasteiger partial charge in [0.15, 0.2) is 0 Å². The lowest BCUT2D eigenvalue weighted by Gasteiger charge is -2.11. The highest BCUT2D eigenvalue weighted by Gasteiger charge is 2.04. The Balaban J connectivity index is 1.67. The van der Waals surface area contributed by atoms with Gasteiger partial charge in [-0.15, -0.1) is 11.8 Å². The van der Waals surface area contributed by atoms with E-state index in [-0.39, 0.29) is 5.91 Å². The fourth-order valence-corrected chi connectivity index (χ4v) is 3.14. The summed E-state index contributed by atoms with van der Waals surface area (Å²) in [5.74, 6) is 2.13. The van der Waals surface area contributed by atoms with Crippen LogP contribution in [0.25, 0.3) is 0 Å². The summed E-state index contributed by atoms with van der Waals surface area (Å²) >= 11 is 1.62. The average molecular weight is 373 g/mol. The summed E-state index contributed by atoms with van der Waals surface area (Å²) in [6, 6.07) is 16.0. The minimum Gasteiger partial charge on any atom is -0.494 e. The number of aryl methyl sites for hydroxylation is 1. The molecule has 0 aliphatic carbocycles. The van der Waals surface area contributed by atoms with Crippen LogP contribution in [0.15, 0.2) is 48.5 Å². The summed E-state index contributed by atoms with van der Waals surface area (Å²) in [4.78, 5) is 14.2. The van der Waals surface area contributed by atoms with Gasteiger partial charge in [-0.3, -0.25) is 4.79 Å². The first-order valence-electron chi connectivity index (χ1n) is 8.83. The van der Waals surface area contributed by atoms with E-state index in [0.717, 1.165) is 30.2 Å². The highest BCUT2D eigenvalue weighted by atomic mass is 32.2. The summed E-state index contributed by atoms with van der Waals surface area (Å²) in [7, 11) is 4.10. The second-order valence-corrected chi connectivity index (χ2v) is 7.54. The van der Waals surface area contributed by atoms with Crippen molar-refractivity contribution in [3.8, 4) is 5.75 Å². The zero-order valence-electron chi connectivity index (χ0n) is 15.8. The maximum absolute atomic E-state index is 12.0. The molecule has 0 aliphatic rings. The molecule has 0 unspecified atom stereocenters. The van der Waals surface area contributed by atoms with Crippen molar-refractivity contribution in [2.45, 2.75) is 19.1 Å². The maximum Gasteiger partial charge on any atom is 0.234 e. The minimum absolute atomic E-state index is 0.0155. The van der Waals surface area contributed by atoms with Gasteiger partial charge in [0.1, 0.15) is 5.75 Å². The molecule has 0 radical (unpaired) electrons. The first-order chi connectivity index (χ1) is 12.5. The second-order valence-electron chi connectivity index (χ2n) is 6.56. The lowest BCUT2D eigenvalue weighted by molar-refractivity contribution is -0.113. The Morgan fingerprint density at radius 3 is 2.42 bits per heavy atom. The number of amides is 1. The van der Waals surface area contributed by atoms with Gasteiger partial charge >= 0.3 is 0 Å². The van der Waals surface area contributed by atoms with Crippen LogP contribution < -0.4 is 10.1 Å². The maximum atomic E-state index is 12.0. The zero-order valence-corrected chi connectivity index (χ0v) is 16.6. The highest BCUT2D eigenvalue weighted by molar-refractivity contribution is 7.99. The minimum atomic E-state index is 0.0155. The number of nitrogens with zero attached hydrogens (tertiary/aromatic N) is 1. The molecule has 1 amide bonds. The molecule has 0 bridgehead atoms. The quantitative estimate of drug-likeness (QED) is 0.635. The average Bonchev–Trinajstić information content (AvgIpc) is 2.62. The van der Waals surface area contributed by atoms with E-state index in [1.165, 1.54) is 11.1 Å². The van der Waals surface area contributed by atoms with Crippen molar-refractivity contribution in [1.82, 2.24) is 4.90 Å². The number of hydrogen-bond donors (Lipinski definition) is 1. The Hall–Kier alpha value is -1.98. The standard InChI is InChI=1S/C21H28N2O2S/c1-17-5-7-18(8-6-17)15-26-16-21(24)22-19-9-11-20(12-10-19)25-14-4-13-23(2)3/h5-12H,4,13-16H2,1-3H3,(H,22,24). The number of carbonyl (C=O) groups excluding carboxylic acids is 1. The summed E-state index contributed by atoms with van der Waals surface area (Å²) in [6.45, 7) is 3.78. The highest BCUT2D eigenvalue weighted by Crippen LogP contribution is 2.17. The van der Waals surface area contributed by atoms with Gasteiger partial charge in [-0.25, -0.2) is 0 Å². The fraction of sp³-hybridized carbons (Fsp3) is 0.381. The molecular formula is C21H28N2O2S. The van der Waals surface area contributed by atoms with E-state index in [2.05, 4.69) is 55.5 Å². The number of hydrogen-bond acceptors (Lipinski definition) is 4. The van der Waals surface area contributed by atoms with Gasteiger partial charge in [0.25, 0.3) is 0 Å². The first-order valence-corrected chi connectivity index (χ1v) is 9.99. The molecule has 2 aromatic rings. The SMILES string of the molecule is Cc1ccc(CSCC(=O)Nc2ccc(OCCCN(C)C)cc2)cc1. The van der Waals surface area contributed by atoms with Crippen molar-refractivity contribution in [3.05, 3.63) is 59.7 Å². The predicted octanol–water partition coefficient (Wildman–Crippen LogP) is 4.20. The smallest absolute Gasteiger partial charge is 0.234 e. The van der Waals surface area contributed by atoms with Crippen LogP contribution in [-0.2, 0) is 10.5 Å². The zero-order chi connectivity index (χ0) is 18.8. The summed E-state index contributed by atoms with van der Waals surface area (Å²) < 4.78 is 5.70. The van der Waals surface area contributed by atoms with Gasteiger partial charge in [0.05, 0.1) is 12.4 Å². The topological polar surface area (TPSA) is 41.6 Å². The Bertz CT molecular complexity index is 669. The molecule has 0 fully saturated rings. The molecule has 5 heteroatoms. The van der Waals surface area contributed by atoms with Gasteiger partial charge in [0, 0.05) is 18.0 Å². The van der Waals surface area contributed by atoms with Crippen LogP contribution in [0.5, 0.6) is 5.75 Å². The molecule has 0 heterocycles. The van der Waals surface area contributed by atoms with Crippen LogP contribution >= 0.6 is 11.8 Å². The Morgan fingerprint density at radius 1 is 1.08 bits per heavy atom. The molecule has 0 aliphatic heterocycles. The van der Waals surface area contributed by atoms with Crippen LogP contribution in [-0.4, -0.2) is 43.8 Å². The second kappa shape index (κ2) is 10.9. The first kappa shape index (κ1) is 20.3. The third kappa shape index (κ3) is 7.93. The monoisotopic (exact) mass is 372 g/mol. The molecule has 2 rings (SSSR count). The molecule has 2 aromatic carbocycles. The van der Waals surface area contributed by atoms with Crippen molar-refractivity contribution >= 4 is 23.4 Å². The molecule has 0 spiro atoms. The summed E-state index contributed by atoms with van der Waals surface area (Å²) in [6.07, 6.45) is 0.990. The van der Waals surface area contributed by atoms with Gasteiger partial charge in [0.2, 0.25) is 5.91 Å². The number of nitrogens with one attached hydrogen (secondary N) is 1. The van der Waals surface area contributed by atoms with Crippen LogP contribution in [0, 0.1) is 6.92 Å². The number of rotatable bonds is 10. The summed E-state index contributed by atoms with van der Waals surface area (Å²) in [5.41, 5.74) is 3.29. The van der Waals surface area contributed by atoms with Crippen LogP contribution in [0.4, 0.5) is 5.69 Å². The normalized spacial score (nSPS) is 10.8. The van der Waals surface area contributed by atoms with Gasteiger partial charge < -0.3 is 15.0 Å². The third-order valence-corrected chi connectivity index (χ3v) is 4.78. The van der Waals surface area contributed by atoms with E-state index in [0.29, 0.717) is 12.4 Å². The van der Waals surface area contributed by atoms with Crippen molar-refractivity contribution in [2.24, 2.45) is 0 Å². The largest absolute Gasteiger partial charge is 0.494 e. The summed E-state index contributed by atoms with van der Waals surface area (Å²) in [5, 5.41) is 2.92. The fourth-order valence-electron chi connectivity index (χ4n) is 2.35. The molecule has 0 saturated heterocycles. The van der Waals surface area contributed by atoms with Crippen molar-refractivity contribution in [3.63, 3.8) is 0 Å². The number of benzene rings is 2. The van der Waals surface area contributed by atoms with Crippen molar-refractivity contribution in [1.29, 1.82) is 0 Å². The molecule has 0 saturated carbocycles. The van der Waals surface area contributed by atoms with Crippen molar-refractivity contribution < 1.29 is 9.53 Å². The van der Waals surface area contributed by atoms with E-state index in [9.17, 15) is 4.79 Å². The van der Waals surface area contributed by atoms with E-state index in [4.69, 9.17) is 4.74 Å². The van der Waals surface area contributed by atoms with Crippen LogP contribution in [0.1, 0.15) is 17.5 Å². The predicted molar refractivity (Wildman–Crippen MR) is 111 cm³/mol. The lowest BCUT2D eigenvalue weighted by Crippen LogP contribution is -2.15. The molecule has 4 nitrogen and oxygen atoms in total. The lowest BCUT2D eigenvalue weighted by atomic mass is 10.2. The number of carbonyl (C=O) groups is 1. The van der Waals surface area contributed by atoms with E-state index in [1.54, 1.807) is 11.8 Å². The van der Waals surface area contributed by atoms with Crippen LogP contribution in [0.2, 0.25) is 0 Å². The van der Waals surface area contributed by atoms with E-state index in [1.807, 2.05) is 24.3 Å². The third-order valence-electron chi connectivity index (χ3n) is 3.78. The molecular weight excluding hydrogens is 344 g/mol. The Kier molecular flexibility index (Phi) is 8.51. The molecule has 140 valence electrons. The number of thioether (sulfide) groups is 1. The molecule has 0 aromatic heterocycles. The van der Waals surface area contributed by atoms with Crippen LogP contribution in [0.3, 0.4) is 0 Å². The number of ether oxygens (including phenoxy) is 1. The van der Waals surface area contributed by atoms with Gasteiger partial charge in [-0.2, -0.15) is 0 Å². The van der Waals surface area contributed by atoms with E-state index < -0.39 is 0 Å². The van der Waals surface area contributed by atoms with Gasteiger partial charge in [-0.1, -0.05) is 29.8 Å². The molecule has 26 heavy (non-hydrogen) atoms. The van der Waals surface area contributed by atoms with Gasteiger partial charge in [-0.05, 0) is 57.3 Å². The Labute approximate surface area is 160 Å². The molecule has 1 N–H and O–H groups in total. The van der Waals surface area contributed by atoms with Crippen molar-refractivity contribution in [2.75, 3.05) is 38.3 Å². The molecule has 0 atom stereocenters. The number of anilines is 1. The Morgan fingerprint density at radius 2 is 1.77 bits per heavy atom.